The van der Waals surface area contributed by atoms with Crippen LogP contribution in [0.4, 0.5) is 0 Å². The number of H-pyrrole nitrogens is 1. The van der Waals surface area contributed by atoms with Gasteiger partial charge in [0.2, 0.25) is 0 Å². The maximum atomic E-state index is 4.76. The number of hydrogen-bond acceptors (Lipinski definition) is 2. The van der Waals surface area contributed by atoms with Gasteiger partial charge in [0.05, 0.1) is 5.69 Å². The van der Waals surface area contributed by atoms with Crippen molar-refractivity contribution in [3.8, 4) is 11.3 Å². The summed E-state index contributed by atoms with van der Waals surface area (Å²) in [7, 11) is 0. The number of nitrogens with one attached hydrogen (secondary N) is 2. The van der Waals surface area contributed by atoms with Crippen LogP contribution in [0.1, 0.15) is 17.9 Å². The van der Waals surface area contributed by atoms with Crippen molar-refractivity contribution in [1.82, 2.24) is 15.3 Å². The normalized spacial score (nSPS) is 19.3. The Morgan fingerprint density at radius 2 is 2.11 bits per heavy atom. The summed E-state index contributed by atoms with van der Waals surface area (Å²) in [5.41, 5.74) is 3.46. The Hall–Kier alpha value is -1.61. The molecule has 0 spiro atoms. The Bertz CT molecular complexity index is 510. The lowest BCUT2D eigenvalue weighted by Crippen LogP contribution is -2.11. The van der Waals surface area contributed by atoms with Crippen LogP contribution in [0.25, 0.3) is 11.3 Å². The molecule has 0 amide bonds. The van der Waals surface area contributed by atoms with Crippen LogP contribution < -0.4 is 5.32 Å². The number of aromatic nitrogens is 2. The van der Waals surface area contributed by atoms with E-state index in [1.807, 2.05) is 6.07 Å². The van der Waals surface area contributed by atoms with Crippen LogP contribution in [-0.2, 0) is 6.42 Å². The van der Waals surface area contributed by atoms with Crippen LogP contribution in [0.2, 0.25) is 0 Å². The monoisotopic (exact) mass is 241 g/mol. The van der Waals surface area contributed by atoms with E-state index in [0.717, 1.165) is 36.9 Å². The second-order valence-corrected chi connectivity index (χ2v) is 5.09. The molecule has 2 N–H and O–H groups in total. The second kappa shape index (κ2) is 4.94. The zero-order chi connectivity index (χ0) is 12.4. The zero-order valence-corrected chi connectivity index (χ0v) is 10.7. The number of imidazole rings is 1. The number of rotatable bonds is 3. The van der Waals surface area contributed by atoms with Gasteiger partial charge >= 0.3 is 0 Å². The Labute approximate surface area is 108 Å². The number of nitrogens with zero attached hydrogens (tertiary/aromatic N) is 1. The van der Waals surface area contributed by atoms with Crippen LogP contribution in [0.3, 0.4) is 0 Å². The first kappa shape index (κ1) is 11.5. The maximum Gasteiger partial charge on any atom is 0.107 e. The fraction of sp³-hybridized carbons (Fsp3) is 0.400. The SMILES string of the molecule is Cc1[nH]c(CC2CCNC2)nc1-c1ccccc1. The summed E-state index contributed by atoms with van der Waals surface area (Å²) in [6, 6.07) is 10.4. The van der Waals surface area contributed by atoms with Crippen molar-refractivity contribution in [2.75, 3.05) is 13.1 Å². The van der Waals surface area contributed by atoms with Gasteiger partial charge in [-0.25, -0.2) is 4.98 Å². The summed E-state index contributed by atoms with van der Waals surface area (Å²) >= 11 is 0. The van der Waals surface area contributed by atoms with E-state index >= 15 is 0 Å². The molecular formula is C15H19N3. The first-order valence-corrected chi connectivity index (χ1v) is 6.64. The van der Waals surface area contributed by atoms with Gasteiger partial charge in [-0.2, -0.15) is 0 Å². The maximum absolute atomic E-state index is 4.76. The van der Waals surface area contributed by atoms with Crippen molar-refractivity contribution in [1.29, 1.82) is 0 Å². The van der Waals surface area contributed by atoms with E-state index in [1.165, 1.54) is 17.7 Å². The van der Waals surface area contributed by atoms with E-state index in [1.54, 1.807) is 0 Å². The van der Waals surface area contributed by atoms with Crippen molar-refractivity contribution < 1.29 is 0 Å². The third-order valence-electron chi connectivity index (χ3n) is 3.63. The van der Waals surface area contributed by atoms with Gasteiger partial charge in [0.25, 0.3) is 0 Å². The highest BCUT2D eigenvalue weighted by atomic mass is 14.9. The molecule has 0 aliphatic carbocycles. The molecule has 0 saturated carbocycles. The fourth-order valence-corrected chi connectivity index (χ4v) is 2.66. The Morgan fingerprint density at radius 1 is 1.28 bits per heavy atom. The Kier molecular flexibility index (Phi) is 3.15. The van der Waals surface area contributed by atoms with E-state index in [4.69, 9.17) is 4.98 Å². The average molecular weight is 241 g/mol. The molecule has 1 aromatic heterocycles. The quantitative estimate of drug-likeness (QED) is 0.867. The van der Waals surface area contributed by atoms with Crippen LogP contribution >= 0.6 is 0 Å². The highest BCUT2D eigenvalue weighted by Crippen LogP contribution is 2.22. The molecule has 1 aliphatic heterocycles. The number of aryl methyl sites for hydroxylation is 1. The first-order valence-electron chi connectivity index (χ1n) is 6.64. The van der Waals surface area contributed by atoms with Crippen molar-refractivity contribution in [2.45, 2.75) is 19.8 Å². The highest BCUT2D eigenvalue weighted by molar-refractivity contribution is 5.61. The zero-order valence-electron chi connectivity index (χ0n) is 10.7. The predicted molar refractivity (Wildman–Crippen MR) is 73.4 cm³/mol. The van der Waals surface area contributed by atoms with Crippen LogP contribution in [0, 0.1) is 12.8 Å². The largest absolute Gasteiger partial charge is 0.346 e. The molecule has 1 fully saturated rings. The topological polar surface area (TPSA) is 40.7 Å². The van der Waals surface area contributed by atoms with E-state index in [-0.39, 0.29) is 0 Å². The standard InChI is InChI=1S/C15H19N3/c1-11-15(13-5-3-2-4-6-13)18-14(17-11)9-12-7-8-16-10-12/h2-6,12,16H,7-10H2,1H3,(H,17,18). The molecule has 1 saturated heterocycles. The smallest absolute Gasteiger partial charge is 0.107 e. The molecule has 1 aliphatic rings. The fourth-order valence-electron chi connectivity index (χ4n) is 2.66. The number of hydrogen-bond donors (Lipinski definition) is 2. The number of aromatic amines is 1. The minimum Gasteiger partial charge on any atom is -0.346 e. The first-order chi connectivity index (χ1) is 8.83. The number of benzene rings is 1. The van der Waals surface area contributed by atoms with Gasteiger partial charge in [0, 0.05) is 17.7 Å². The van der Waals surface area contributed by atoms with Crippen LogP contribution in [0.15, 0.2) is 30.3 Å². The summed E-state index contributed by atoms with van der Waals surface area (Å²) < 4.78 is 0. The molecule has 3 rings (SSSR count). The third-order valence-corrected chi connectivity index (χ3v) is 3.63. The van der Waals surface area contributed by atoms with Crippen molar-refractivity contribution >= 4 is 0 Å². The lowest BCUT2D eigenvalue weighted by atomic mass is 10.1. The van der Waals surface area contributed by atoms with E-state index < -0.39 is 0 Å². The molecule has 1 unspecified atom stereocenters. The molecule has 94 valence electrons. The second-order valence-electron chi connectivity index (χ2n) is 5.09. The lowest BCUT2D eigenvalue weighted by Gasteiger charge is -2.04. The molecule has 2 heterocycles. The third kappa shape index (κ3) is 2.31. The van der Waals surface area contributed by atoms with Crippen LogP contribution in [-0.4, -0.2) is 23.1 Å². The van der Waals surface area contributed by atoms with Crippen LogP contribution in [0.5, 0.6) is 0 Å². The molecule has 3 heteroatoms. The Morgan fingerprint density at radius 3 is 2.83 bits per heavy atom. The van der Waals surface area contributed by atoms with E-state index in [9.17, 15) is 0 Å². The molecule has 18 heavy (non-hydrogen) atoms. The van der Waals surface area contributed by atoms with Crippen molar-refractivity contribution in [2.24, 2.45) is 5.92 Å². The van der Waals surface area contributed by atoms with Gasteiger partial charge < -0.3 is 10.3 Å². The molecule has 1 aromatic carbocycles. The minimum atomic E-state index is 0.735. The van der Waals surface area contributed by atoms with Gasteiger partial charge in [-0.1, -0.05) is 30.3 Å². The van der Waals surface area contributed by atoms with Crippen molar-refractivity contribution in [3.05, 3.63) is 41.9 Å². The molecule has 1 atom stereocenters. The predicted octanol–water partition coefficient (Wildman–Crippen LogP) is 2.54. The van der Waals surface area contributed by atoms with Gasteiger partial charge in [0.15, 0.2) is 0 Å². The lowest BCUT2D eigenvalue weighted by molar-refractivity contribution is 0.564. The van der Waals surface area contributed by atoms with E-state index in [0.29, 0.717) is 0 Å². The molecule has 3 nitrogen and oxygen atoms in total. The van der Waals surface area contributed by atoms with Gasteiger partial charge in [0.1, 0.15) is 5.82 Å². The molecule has 2 aromatic rings. The van der Waals surface area contributed by atoms with E-state index in [2.05, 4.69) is 41.5 Å². The average Bonchev–Trinajstić information content (AvgIpc) is 3.01. The summed E-state index contributed by atoms with van der Waals surface area (Å²) in [5, 5.41) is 3.40. The van der Waals surface area contributed by atoms with Crippen molar-refractivity contribution in [3.63, 3.8) is 0 Å². The minimum absolute atomic E-state index is 0.735. The summed E-state index contributed by atoms with van der Waals surface area (Å²) in [6.07, 6.45) is 2.32. The highest BCUT2D eigenvalue weighted by Gasteiger charge is 2.17. The summed E-state index contributed by atoms with van der Waals surface area (Å²) in [4.78, 5) is 8.19. The van der Waals surface area contributed by atoms with Gasteiger partial charge in [-0.3, -0.25) is 0 Å². The Balaban J connectivity index is 1.82. The van der Waals surface area contributed by atoms with Gasteiger partial charge in [-0.05, 0) is 32.4 Å². The summed E-state index contributed by atoms with van der Waals surface area (Å²) in [6.45, 7) is 4.38. The molecule has 0 bridgehead atoms. The van der Waals surface area contributed by atoms with Gasteiger partial charge in [-0.15, -0.1) is 0 Å². The summed E-state index contributed by atoms with van der Waals surface area (Å²) in [5.74, 6) is 1.86. The molecule has 0 radical (unpaired) electrons. The molecular weight excluding hydrogens is 222 g/mol.